The molecular formula is C36H38N4. The van der Waals surface area contributed by atoms with Crippen LogP contribution in [0.4, 0.5) is 22.7 Å². The summed E-state index contributed by atoms with van der Waals surface area (Å²) in [6.07, 6.45) is 6.09. The maximum Gasteiger partial charge on any atom is 0.0633 e. The van der Waals surface area contributed by atoms with Gasteiger partial charge in [-0.2, -0.15) is 0 Å². The van der Waals surface area contributed by atoms with Crippen LogP contribution in [-0.4, -0.2) is 11.8 Å². The molecule has 7 aliphatic rings. The molecule has 0 spiro atoms. The highest BCUT2D eigenvalue weighted by molar-refractivity contribution is 5.95. The SMILES string of the molecule is C/C1=C/C(C)=N/c2ccc(cc2)Cc2ccc(cc2)NC(C)/C=C(/C)Nc2ccc(cc2)Cc2ccc(cc2)N1. The van der Waals surface area contributed by atoms with E-state index in [0.29, 0.717) is 0 Å². The van der Waals surface area contributed by atoms with Gasteiger partial charge in [0.15, 0.2) is 0 Å². The molecule has 4 heteroatoms. The molecule has 0 saturated carbocycles. The van der Waals surface area contributed by atoms with Crippen LogP contribution in [0.1, 0.15) is 49.9 Å². The summed E-state index contributed by atoms with van der Waals surface area (Å²) in [4.78, 5) is 4.80. The molecule has 40 heavy (non-hydrogen) atoms. The molecule has 4 aromatic rings. The molecule has 3 N–H and O–H groups in total. The summed E-state index contributed by atoms with van der Waals surface area (Å²) < 4.78 is 0. The minimum Gasteiger partial charge on any atom is -0.379 e. The molecule has 11 rings (SSSR count). The number of hydrogen-bond donors (Lipinski definition) is 3. The minimum absolute atomic E-state index is 0.192. The number of hydrogen-bond acceptors (Lipinski definition) is 4. The molecule has 1 unspecified atom stereocenters. The number of allylic oxidation sites excluding steroid dienone is 3. The van der Waals surface area contributed by atoms with Gasteiger partial charge in [-0.15, -0.1) is 0 Å². The molecule has 7 heterocycles. The zero-order valence-electron chi connectivity index (χ0n) is 23.8. The van der Waals surface area contributed by atoms with E-state index in [1.54, 1.807) is 0 Å². The van der Waals surface area contributed by atoms with Crippen LogP contribution in [-0.2, 0) is 12.8 Å². The van der Waals surface area contributed by atoms with E-state index in [2.05, 4.69) is 146 Å². The van der Waals surface area contributed by atoms with Crippen LogP contribution in [0.15, 0.2) is 126 Å². The second kappa shape index (κ2) is 12.5. The molecule has 7 aliphatic heterocycles. The second-order valence-corrected chi connectivity index (χ2v) is 10.7. The number of anilines is 3. The third kappa shape index (κ3) is 7.73. The monoisotopic (exact) mass is 526 g/mol. The van der Waals surface area contributed by atoms with Crippen LogP contribution in [0.3, 0.4) is 0 Å². The summed E-state index contributed by atoms with van der Waals surface area (Å²) in [6.45, 7) is 8.39. The highest BCUT2D eigenvalue weighted by Gasteiger charge is 2.04. The number of nitrogens with one attached hydrogen (secondary N) is 3. The lowest BCUT2D eigenvalue weighted by molar-refractivity contribution is 0.982. The van der Waals surface area contributed by atoms with Crippen LogP contribution in [0.5, 0.6) is 0 Å². The summed E-state index contributed by atoms with van der Waals surface area (Å²) in [6, 6.07) is 34.8. The van der Waals surface area contributed by atoms with Gasteiger partial charge in [-0.25, -0.2) is 0 Å². The third-order valence-corrected chi connectivity index (χ3v) is 6.92. The fraction of sp³-hybridized carbons (Fsp3) is 0.194. The van der Waals surface area contributed by atoms with Crippen molar-refractivity contribution in [3.8, 4) is 0 Å². The molecule has 4 aromatic carbocycles. The zero-order valence-corrected chi connectivity index (χ0v) is 23.8. The Morgan fingerprint density at radius 1 is 0.550 bits per heavy atom. The van der Waals surface area contributed by atoms with Crippen LogP contribution in [0.2, 0.25) is 0 Å². The highest BCUT2D eigenvalue weighted by Crippen LogP contribution is 2.21. The normalized spacial score (nSPS) is 20.0. The van der Waals surface area contributed by atoms with Gasteiger partial charge < -0.3 is 16.0 Å². The number of aliphatic imine (C=N–C) groups is 1. The molecular weight excluding hydrogens is 488 g/mol. The first kappa shape index (κ1) is 27.0. The zero-order chi connectivity index (χ0) is 27.9. The van der Waals surface area contributed by atoms with E-state index in [4.69, 9.17) is 4.99 Å². The van der Waals surface area contributed by atoms with Crippen LogP contribution < -0.4 is 16.0 Å². The van der Waals surface area contributed by atoms with E-state index < -0.39 is 0 Å². The van der Waals surface area contributed by atoms with Crippen molar-refractivity contribution in [2.24, 2.45) is 4.99 Å². The van der Waals surface area contributed by atoms with Crippen molar-refractivity contribution in [3.05, 3.63) is 143 Å². The van der Waals surface area contributed by atoms with Gasteiger partial charge in [0.2, 0.25) is 0 Å². The molecule has 1 atom stereocenters. The van der Waals surface area contributed by atoms with Crippen LogP contribution in [0.25, 0.3) is 0 Å². The molecule has 0 fully saturated rings. The quantitative estimate of drug-likeness (QED) is 0.214. The van der Waals surface area contributed by atoms with Crippen molar-refractivity contribution in [3.63, 3.8) is 0 Å². The largest absolute Gasteiger partial charge is 0.379 e. The predicted octanol–water partition coefficient (Wildman–Crippen LogP) is 9.11. The maximum absolute atomic E-state index is 4.80. The van der Waals surface area contributed by atoms with Gasteiger partial charge in [0, 0.05) is 40.2 Å². The van der Waals surface area contributed by atoms with E-state index in [1.165, 1.54) is 22.3 Å². The molecule has 0 saturated heterocycles. The molecule has 202 valence electrons. The minimum atomic E-state index is 0.192. The summed E-state index contributed by atoms with van der Waals surface area (Å²) in [5.74, 6) is 0. The lowest BCUT2D eigenvalue weighted by Crippen LogP contribution is -2.14. The first-order chi connectivity index (χ1) is 19.4. The second-order valence-electron chi connectivity index (χ2n) is 10.7. The van der Waals surface area contributed by atoms with Gasteiger partial charge in [0.05, 0.1) is 5.69 Å². The summed E-state index contributed by atoms with van der Waals surface area (Å²) in [7, 11) is 0. The Bertz CT molecular complexity index is 1510. The highest BCUT2D eigenvalue weighted by atomic mass is 14.9. The van der Waals surface area contributed by atoms with Crippen molar-refractivity contribution < 1.29 is 0 Å². The molecule has 0 amide bonds. The Morgan fingerprint density at radius 3 is 1.48 bits per heavy atom. The molecule has 8 bridgehead atoms. The fourth-order valence-corrected chi connectivity index (χ4v) is 5.05. The molecule has 4 nitrogen and oxygen atoms in total. The Morgan fingerprint density at radius 2 is 0.975 bits per heavy atom. The average Bonchev–Trinajstić information content (AvgIpc) is 2.92. The predicted molar refractivity (Wildman–Crippen MR) is 172 cm³/mol. The lowest BCUT2D eigenvalue weighted by Gasteiger charge is -2.15. The van der Waals surface area contributed by atoms with Gasteiger partial charge in [0.1, 0.15) is 0 Å². The van der Waals surface area contributed by atoms with Crippen molar-refractivity contribution in [1.29, 1.82) is 0 Å². The van der Waals surface area contributed by atoms with Crippen molar-refractivity contribution >= 4 is 28.5 Å². The van der Waals surface area contributed by atoms with Crippen LogP contribution in [0, 0.1) is 0 Å². The Balaban J connectivity index is 1.40. The molecule has 0 aromatic heterocycles. The maximum atomic E-state index is 4.80. The molecule has 0 aliphatic carbocycles. The van der Waals surface area contributed by atoms with E-state index in [0.717, 1.165) is 52.7 Å². The topological polar surface area (TPSA) is 48.5 Å². The number of benzene rings is 4. The molecule has 0 radical (unpaired) electrons. The first-order valence-electron chi connectivity index (χ1n) is 14.0. The first-order valence-corrected chi connectivity index (χ1v) is 14.0. The van der Waals surface area contributed by atoms with Gasteiger partial charge in [-0.05, 0) is 123 Å². The number of rotatable bonds is 0. The Hall–Kier alpha value is -4.57. The fourth-order valence-electron chi connectivity index (χ4n) is 5.05. The summed E-state index contributed by atoms with van der Waals surface area (Å²) in [5.41, 5.74) is 12.5. The summed E-state index contributed by atoms with van der Waals surface area (Å²) >= 11 is 0. The van der Waals surface area contributed by atoms with E-state index in [-0.39, 0.29) is 6.04 Å². The van der Waals surface area contributed by atoms with Gasteiger partial charge in [-0.1, -0.05) is 48.5 Å². The standard InChI is InChI=1S/C36H38N4/c1-25-21-26(2)38-34-15-7-30(8-16-34)24-32-11-19-36(20-12-32)40-28(4)22-27(3)39-35-17-9-31(10-18-35)23-29-5-13-33(37-25)14-6-29/h5-22,25,37-38,40H,23-24H2,1-4H3/b26-21-,28-22-,39-27+. The van der Waals surface area contributed by atoms with Crippen LogP contribution >= 0.6 is 0 Å². The lowest BCUT2D eigenvalue weighted by atomic mass is 10.0. The smallest absolute Gasteiger partial charge is 0.0633 e. The Kier molecular flexibility index (Phi) is 8.46. The van der Waals surface area contributed by atoms with Gasteiger partial charge in [0.25, 0.3) is 0 Å². The van der Waals surface area contributed by atoms with Gasteiger partial charge in [-0.3, -0.25) is 4.99 Å². The van der Waals surface area contributed by atoms with E-state index in [9.17, 15) is 0 Å². The van der Waals surface area contributed by atoms with Crippen molar-refractivity contribution in [2.75, 3.05) is 16.0 Å². The van der Waals surface area contributed by atoms with Gasteiger partial charge >= 0.3 is 0 Å². The third-order valence-electron chi connectivity index (χ3n) is 6.92. The number of nitrogens with zero attached hydrogens (tertiary/aromatic N) is 1. The Labute approximate surface area is 238 Å². The van der Waals surface area contributed by atoms with E-state index in [1.807, 2.05) is 6.92 Å². The van der Waals surface area contributed by atoms with E-state index >= 15 is 0 Å². The summed E-state index contributed by atoms with van der Waals surface area (Å²) in [5, 5.41) is 10.6. The van der Waals surface area contributed by atoms with Crippen molar-refractivity contribution in [2.45, 2.75) is 46.6 Å². The average molecular weight is 527 g/mol. The van der Waals surface area contributed by atoms with Crippen molar-refractivity contribution in [1.82, 2.24) is 0 Å².